The van der Waals surface area contributed by atoms with Crippen LogP contribution in [0.25, 0.3) is 0 Å². The number of benzene rings is 1. The van der Waals surface area contributed by atoms with E-state index in [9.17, 15) is 4.79 Å². The third kappa shape index (κ3) is 2.93. The SMILES string of the molecule is CCc1c(C)[nH]c(OCc2ccccc2)c(CC)c1=O. The van der Waals surface area contributed by atoms with Crippen molar-refractivity contribution in [2.24, 2.45) is 0 Å². The maximum absolute atomic E-state index is 12.4. The van der Waals surface area contributed by atoms with E-state index in [1.807, 2.05) is 51.1 Å². The number of aryl methyl sites for hydroxylation is 1. The molecule has 0 spiro atoms. The highest BCUT2D eigenvalue weighted by molar-refractivity contribution is 5.34. The summed E-state index contributed by atoms with van der Waals surface area (Å²) in [5.41, 5.74) is 3.71. The Kier molecular flexibility index (Phi) is 4.61. The summed E-state index contributed by atoms with van der Waals surface area (Å²) in [6, 6.07) is 9.96. The lowest BCUT2D eigenvalue weighted by Crippen LogP contribution is -2.19. The van der Waals surface area contributed by atoms with E-state index in [-0.39, 0.29) is 5.43 Å². The molecule has 1 heterocycles. The summed E-state index contributed by atoms with van der Waals surface area (Å²) in [7, 11) is 0. The molecule has 0 fully saturated rings. The molecule has 0 bridgehead atoms. The lowest BCUT2D eigenvalue weighted by atomic mass is 10.1. The fraction of sp³-hybridized carbons (Fsp3) is 0.353. The van der Waals surface area contributed by atoms with Crippen LogP contribution in [0.2, 0.25) is 0 Å². The molecule has 1 aromatic carbocycles. The third-order valence-electron chi connectivity index (χ3n) is 3.51. The highest BCUT2D eigenvalue weighted by atomic mass is 16.5. The molecule has 1 N–H and O–H groups in total. The molecule has 0 unspecified atom stereocenters. The van der Waals surface area contributed by atoms with Gasteiger partial charge in [-0.3, -0.25) is 4.79 Å². The van der Waals surface area contributed by atoms with E-state index >= 15 is 0 Å². The van der Waals surface area contributed by atoms with E-state index in [0.29, 0.717) is 18.9 Å². The third-order valence-corrected chi connectivity index (χ3v) is 3.51. The second-order valence-corrected chi connectivity index (χ2v) is 4.85. The van der Waals surface area contributed by atoms with Crippen LogP contribution in [0.5, 0.6) is 5.88 Å². The van der Waals surface area contributed by atoms with Gasteiger partial charge in [-0.15, -0.1) is 0 Å². The molecular weight excluding hydrogens is 250 g/mol. The van der Waals surface area contributed by atoms with Crippen molar-refractivity contribution >= 4 is 0 Å². The van der Waals surface area contributed by atoms with Crippen molar-refractivity contribution in [3.63, 3.8) is 0 Å². The molecule has 3 nitrogen and oxygen atoms in total. The Balaban J connectivity index is 2.30. The summed E-state index contributed by atoms with van der Waals surface area (Å²) in [6.07, 6.45) is 1.42. The minimum Gasteiger partial charge on any atom is -0.474 e. The Labute approximate surface area is 119 Å². The lowest BCUT2D eigenvalue weighted by Gasteiger charge is -2.13. The predicted molar refractivity (Wildman–Crippen MR) is 81.3 cm³/mol. The van der Waals surface area contributed by atoms with Gasteiger partial charge in [-0.25, -0.2) is 0 Å². The van der Waals surface area contributed by atoms with Crippen LogP contribution in [0.3, 0.4) is 0 Å². The second kappa shape index (κ2) is 6.42. The van der Waals surface area contributed by atoms with Gasteiger partial charge in [-0.05, 0) is 25.3 Å². The molecule has 2 rings (SSSR count). The molecule has 0 aliphatic rings. The molecular formula is C17H21NO2. The number of aromatic nitrogens is 1. The molecule has 3 heteroatoms. The van der Waals surface area contributed by atoms with Crippen LogP contribution in [0.1, 0.15) is 36.2 Å². The fourth-order valence-electron chi connectivity index (χ4n) is 2.38. The normalized spacial score (nSPS) is 10.6. The molecule has 20 heavy (non-hydrogen) atoms. The Hall–Kier alpha value is -2.03. The summed E-state index contributed by atoms with van der Waals surface area (Å²) in [5.74, 6) is 0.607. The first-order valence-electron chi connectivity index (χ1n) is 7.08. The number of aromatic amines is 1. The van der Waals surface area contributed by atoms with Gasteiger partial charge in [0, 0.05) is 11.3 Å². The standard InChI is InChI=1S/C17H21NO2/c1-4-14-12(3)18-17(15(5-2)16(14)19)20-11-13-9-7-6-8-10-13/h6-10H,4-5,11H2,1-3H3,(H,18,19). The Morgan fingerprint density at radius 2 is 1.70 bits per heavy atom. The number of rotatable bonds is 5. The van der Waals surface area contributed by atoms with E-state index in [2.05, 4.69) is 4.98 Å². The molecule has 0 saturated heterocycles. The summed E-state index contributed by atoms with van der Waals surface area (Å²) in [5, 5.41) is 0. The number of pyridine rings is 1. The van der Waals surface area contributed by atoms with Gasteiger partial charge in [0.25, 0.3) is 0 Å². The summed E-state index contributed by atoms with van der Waals surface area (Å²) in [6.45, 7) is 6.37. The van der Waals surface area contributed by atoms with Crippen LogP contribution in [-0.4, -0.2) is 4.98 Å². The number of hydrogen-bond acceptors (Lipinski definition) is 2. The van der Waals surface area contributed by atoms with Crippen LogP contribution < -0.4 is 10.2 Å². The van der Waals surface area contributed by atoms with Crippen molar-refractivity contribution in [3.8, 4) is 5.88 Å². The second-order valence-electron chi connectivity index (χ2n) is 4.85. The van der Waals surface area contributed by atoms with Gasteiger partial charge in [0.15, 0.2) is 11.3 Å². The zero-order chi connectivity index (χ0) is 14.5. The number of H-pyrrole nitrogens is 1. The van der Waals surface area contributed by atoms with Gasteiger partial charge in [-0.1, -0.05) is 44.2 Å². The first-order chi connectivity index (χ1) is 9.67. The highest BCUT2D eigenvalue weighted by Gasteiger charge is 2.13. The smallest absolute Gasteiger partial charge is 0.198 e. The summed E-state index contributed by atoms with van der Waals surface area (Å²) >= 11 is 0. The zero-order valence-electron chi connectivity index (χ0n) is 12.3. The van der Waals surface area contributed by atoms with Crippen LogP contribution in [0.4, 0.5) is 0 Å². The quantitative estimate of drug-likeness (QED) is 0.905. The molecule has 0 amide bonds. The molecule has 1 aromatic heterocycles. The lowest BCUT2D eigenvalue weighted by molar-refractivity contribution is 0.289. The monoisotopic (exact) mass is 271 g/mol. The van der Waals surface area contributed by atoms with Crippen molar-refractivity contribution < 1.29 is 4.74 Å². The zero-order valence-corrected chi connectivity index (χ0v) is 12.3. The summed E-state index contributed by atoms with van der Waals surface area (Å²) < 4.78 is 5.82. The van der Waals surface area contributed by atoms with Crippen LogP contribution in [0.15, 0.2) is 35.1 Å². The Morgan fingerprint density at radius 1 is 1.05 bits per heavy atom. The van der Waals surface area contributed by atoms with Crippen molar-refractivity contribution in [2.45, 2.75) is 40.2 Å². The molecule has 0 atom stereocenters. The van der Waals surface area contributed by atoms with Crippen molar-refractivity contribution in [2.75, 3.05) is 0 Å². The predicted octanol–water partition coefficient (Wildman–Crippen LogP) is 3.39. The summed E-state index contributed by atoms with van der Waals surface area (Å²) in [4.78, 5) is 15.6. The van der Waals surface area contributed by atoms with Crippen molar-refractivity contribution in [1.29, 1.82) is 0 Å². The van der Waals surface area contributed by atoms with Gasteiger partial charge < -0.3 is 9.72 Å². The van der Waals surface area contributed by atoms with Crippen molar-refractivity contribution in [1.82, 2.24) is 4.98 Å². The molecule has 106 valence electrons. The average molecular weight is 271 g/mol. The van der Waals surface area contributed by atoms with Crippen LogP contribution in [0, 0.1) is 6.92 Å². The minimum atomic E-state index is 0.120. The molecule has 0 aliphatic heterocycles. The highest BCUT2D eigenvalue weighted by Crippen LogP contribution is 2.17. The van der Waals surface area contributed by atoms with E-state index in [1.54, 1.807) is 0 Å². The maximum Gasteiger partial charge on any atom is 0.198 e. The van der Waals surface area contributed by atoms with Crippen LogP contribution in [-0.2, 0) is 19.4 Å². The maximum atomic E-state index is 12.4. The van der Waals surface area contributed by atoms with Crippen LogP contribution >= 0.6 is 0 Å². The first-order valence-corrected chi connectivity index (χ1v) is 7.08. The van der Waals surface area contributed by atoms with Gasteiger partial charge >= 0.3 is 0 Å². The Morgan fingerprint density at radius 3 is 2.30 bits per heavy atom. The van der Waals surface area contributed by atoms with Gasteiger partial charge in [0.05, 0.1) is 5.56 Å². The van der Waals surface area contributed by atoms with E-state index in [1.165, 1.54) is 0 Å². The number of nitrogens with one attached hydrogen (secondary N) is 1. The largest absolute Gasteiger partial charge is 0.474 e. The fourth-order valence-corrected chi connectivity index (χ4v) is 2.38. The molecule has 0 radical (unpaired) electrons. The van der Waals surface area contributed by atoms with Gasteiger partial charge in [0.1, 0.15) is 6.61 Å². The van der Waals surface area contributed by atoms with E-state index < -0.39 is 0 Å². The number of ether oxygens (including phenoxy) is 1. The Bertz CT molecular complexity index is 629. The van der Waals surface area contributed by atoms with Crippen molar-refractivity contribution in [3.05, 3.63) is 62.9 Å². The molecule has 2 aromatic rings. The molecule has 0 saturated carbocycles. The van der Waals surface area contributed by atoms with E-state index in [0.717, 1.165) is 28.8 Å². The topological polar surface area (TPSA) is 42.1 Å². The first kappa shape index (κ1) is 14.4. The number of hydrogen-bond donors (Lipinski definition) is 1. The molecule has 0 aliphatic carbocycles. The average Bonchev–Trinajstić information content (AvgIpc) is 2.46. The minimum absolute atomic E-state index is 0.120. The van der Waals surface area contributed by atoms with Gasteiger partial charge in [0.2, 0.25) is 0 Å². The van der Waals surface area contributed by atoms with E-state index in [4.69, 9.17) is 4.74 Å². The van der Waals surface area contributed by atoms with Gasteiger partial charge in [-0.2, -0.15) is 0 Å².